The number of nitrogens with zero attached hydrogens (tertiary/aromatic N) is 1. The third-order valence-corrected chi connectivity index (χ3v) is 1.51. The third-order valence-electron chi connectivity index (χ3n) is 1.51. The molecule has 12 heavy (non-hydrogen) atoms. The summed E-state index contributed by atoms with van der Waals surface area (Å²) in [6.45, 7) is 8.68. The van der Waals surface area contributed by atoms with Gasteiger partial charge in [-0.05, 0) is 24.6 Å². The minimum atomic E-state index is 0. The second-order valence-corrected chi connectivity index (χ2v) is 2.27. The number of hydrogen-bond acceptors (Lipinski definition) is 1. The Hall–Kier alpha value is -1.49. The molecule has 1 rings (SSSR count). The Bertz CT molecular complexity index is 299. The van der Waals surface area contributed by atoms with Crippen LogP contribution >= 0.6 is 0 Å². The number of aryl methyl sites for hydroxylation is 1. The molecule has 0 aliphatic carbocycles. The van der Waals surface area contributed by atoms with E-state index >= 15 is 0 Å². The molecule has 0 radical (unpaired) electrons. The van der Waals surface area contributed by atoms with Crippen molar-refractivity contribution in [3.05, 3.63) is 35.2 Å². The predicted octanol–water partition coefficient (Wildman–Crippen LogP) is 3.19. The van der Waals surface area contributed by atoms with Crippen molar-refractivity contribution in [3.8, 4) is 5.75 Å². The fourth-order valence-electron chi connectivity index (χ4n) is 0.932. The number of rotatable bonds is 1. The lowest BCUT2D eigenvalue weighted by molar-refractivity contribution is 0.412. The van der Waals surface area contributed by atoms with E-state index < -0.39 is 0 Å². The molecule has 2 heteroatoms. The van der Waals surface area contributed by atoms with Crippen molar-refractivity contribution >= 4 is 5.69 Å². The highest BCUT2D eigenvalue weighted by Crippen LogP contribution is 2.22. The summed E-state index contributed by atoms with van der Waals surface area (Å²) < 4.78 is 5.04. The molecule has 0 saturated carbocycles. The number of methoxy groups -OCH3 is 1. The van der Waals surface area contributed by atoms with Gasteiger partial charge >= 0.3 is 0 Å². The Morgan fingerprint density at radius 1 is 1.42 bits per heavy atom. The van der Waals surface area contributed by atoms with Gasteiger partial charge in [-0.3, -0.25) is 0 Å². The average Bonchev–Trinajstić information content (AvgIpc) is 2.04. The maximum Gasteiger partial charge on any atom is 0.187 e. The standard InChI is InChI=1S/C9H9NO.CH4/c1-7-6-8(10-2)4-5-9(7)11-3;/h4-6H,1,3H3;1H4. The molecule has 0 amide bonds. The summed E-state index contributed by atoms with van der Waals surface area (Å²) in [6, 6.07) is 5.37. The van der Waals surface area contributed by atoms with Crippen molar-refractivity contribution in [2.24, 2.45) is 0 Å². The Morgan fingerprint density at radius 3 is 2.50 bits per heavy atom. The molecular weight excluding hydrogens is 150 g/mol. The first-order valence-corrected chi connectivity index (χ1v) is 3.30. The van der Waals surface area contributed by atoms with Crippen LogP contribution in [0.15, 0.2) is 18.2 Å². The molecule has 0 unspecified atom stereocenters. The van der Waals surface area contributed by atoms with Crippen LogP contribution in [-0.4, -0.2) is 7.11 Å². The molecule has 0 aliphatic heterocycles. The minimum absolute atomic E-state index is 0. The lowest BCUT2D eigenvalue weighted by atomic mass is 10.2. The molecule has 0 aliphatic rings. The zero-order chi connectivity index (χ0) is 8.27. The third kappa shape index (κ3) is 2.00. The van der Waals surface area contributed by atoms with Crippen LogP contribution < -0.4 is 4.74 Å². The quantitative estimate of drug-likeness (QED) is 0.580. The van der Waals surface area contributed by atoms with E-state index in [2.05, 4.69) is 4.85 Å². The second-order valence-electron chi connectivity index (χ2n) is 2.27. The van der Waals surface area contributed by atoms with Crippen molar-refractivity contribution in [1.29, 1.82) is 0 Å². The molecule has 0 bridgehead atoms. The second kappa shape index (κ2) is 4.40. The van der Waals surface area contributed by atoms with Gasteiger partial charge in [0.15, 0.2) is 5.69 Å². The zero-order valence-electron chi connectivity index (χ0n) is 6.59. The van der Waals surface area contributed by atoms with E-state index in [4.69, 9.17) is 11.3 Å². The van der Waals surface area contributed by atoms with Crippen molar-refractivity contribution in [2.45, 2.75) is 14.4 Å². The Balaban J connectivity index is 0.00000121. The van der Waals surface area contributed by atoms with Gasteiger partial charge in [-0.2, -0.15) is 0 Å². The predicted molar refractivity (Wildman–Crippen MR) is 50.7 cm³/mol. The van der Waals surface area contributed by atoms with Gasteiger partial charge in [-0.25, -0.2) is 4.85 Å². The lowest BCUT2D eigenvalue weighted by Crippen LogP contribution is -1.84. The van der Waals surface area contributed by atoms with Crippen LogP contribution in [0.2, 0.25) is 0 Å². The van der Waals surface area contributed by atoms with Crippen LogP contribution in [0.5, 0.6) is 5.75 Å². The minimum Gasteiger partial charge on any atom is -0.497 e. The van der Waals surface area contributed by atoms with E-state index in [9.17, 15) is 0 Å². The molecule has 0 heterocycles. The van der Waals surface area contributed by atoms with Crippen molar-refractivity contribution in [2.75, 3.05) is 7.11 Å². The monoisotopic (exact) mass is 163 g/mol. The van der Waals surface area contributed by atoms with Crippen molar-refractivity contribution in [1.82, 2.24) is 0 Å². The van der Waals surface area contributed by atoms with Gasteiger partial charge < -0.3 is 4.74 Å². The number of hydrogen-bond donors (Lipinski definition) is 0. The number of ether oxygens (including phenoxy) is 1. The van der Waals surface area contributed by atoms with Crippen LogP contribution in [0, 0.1) is 13.5 Å². The van der Waals surface area contributed by atoms with E-state index in [1.54, 1.807) is 13.2 Å². The van der Waals surface area contributed by atoms with Crippen LogP contribution in [0.3, 0.4) is 0 Å². The molecule has 1 aromatic rings. The fraction of sp³-hybridized carbons (Fsp3) is 0.300. The van der Waals surface area contributed by atoms with E-state index in [1.807, 2.05) is 19.1 Å². The molecule has 1 aromatic carbocycles. The van der Waals surface area contributed by atoms with Gasteiger partial charge in [0.1, 0.15) is 5.75 Å². The Morgan fingerprint density at radius 2 is 2.08 bits per heavy atom. The Labute approximate surface area is 73.6 Å². The summed E-state index contributed by atoms with van der Waals surface area (Å²) in [5, 5.41) is 0. The topological polar surface area (TPSA) is 13.6 Å². The highest BCUT2D eigenvalue weighted by atomic mass is 16.5. The summed E-state index contributed by atoms with van der Waals surface area (Å²) in [5.74, 6) is 0.831. The zero-order valence-corrected chi connectivity index (χ0v) is 6.59. The van der Waals surface area contributed by atoms with Crippen LogP contribution in [0.1, 0.15) is 13.0 Å². The first kappa shape index (κ1) is 10.5. The van der Waals surface area contributed by atoms with Gasteiger partial charge in [0, 0.05) is 0 Å². The summed E-state index contributed by atoms with van der Waals surface area (Å²) in [4.78, 5) is 3.30. The molecule has 0 saturated heterocycles. The van der Waals surface area contributed by atoms with Gasteiger partial charge in [-0.1, -0.05) is 13.5 Å². The molecule has 0 N–H and O–H groups in total. The normalized spacial score (nSPS) is 8.08. The molecule has 0 aromatic heterocycles. The maximum atomic E-state index is 6.75. The van der Waals surface area contributed by atoms with Gasteiger partial charge in [0.25, 0.3) is 0 Å². The molecule has 0 spiro atoms. The van der Waals surface area contributed by atoms with Gasteiger partial charge in [-0.15, -0.1) is 0 Å². The molecular formula is C10H13NO. The smallest absolute Gasteiger partial charge is 0.187 e. The molecule has 0 atom stereocenters. The highest BCUT2D eigenvalue weighted by Gasteiger charge is 1.97. The van der Waals surface area contributed by atoms with E-state index in [0.29, 0.717) is 5.69 Å². The van der Waals surface area contributed by atoms with Gasteiger partial charge in [0.2, 0.25) is 0 Å². The largest absolute Gasteiger partial charge is 0.497 e. The molecule has 64 valence electrons. The summed E-state index contributed by atoms with van der Waals surface area (Å²) in [5.41, 5.74) is 1.66. The summed E-state index contributed by atoms with van der Waals surface area (Å²) in [7, 11) is 1.62. The van der Waals surface area contributed by atoms with Crippen LogP contribution in [0.25, 0.3) is 4.85 Å². The maximum absolute atomic E-state index is 6.75. The molecule has 0 fully saturated rings. The van der Waals surface area contributed by atoms with E-state index in [1.165, 1.54) is 0 Å². The average molecular weight is 163 g/mol. The van der Waals surface area contributed by atoms with Gasteiger partial charge in [0.05, 0.1) is 13.7 Å². The summed E-state index contributed by atoms with van der Waals surface area (Å²) in [6.07, 6.45) is 0. The first-order valence-electron chi connectivity index (χ1n) is 3.30. The summed E-state index contributed by atoms with van der Waals surface area (Å²) >= 11 is 0. The van der Waals surface area contributed by atoms with E-state index in [0.717, 1.165) is 11.3 Å². The van der Waals surface area contributed by atoms with Crippen LogP contribution in [-0.2, 0) is 0 Å². The first-order chi connectivity index (χ1) is 5.27. The lowest BCUT2D eigenvalue weighted by Gasteiger charge is -2.02. The van der Waals surface area contributed by atoms with Crippen LogP contribution in [0.4, 0.5) is 5.69 Å². The van der Waals surface area contributed by atoms with Crippen molar-refractivity contribution in [3.63, 3.8) is 0 Å². The van der Waals surface area contributed by atoms with E-state index in [-0.39, 0.29) is 7.43 Å². The fourth-order valence-corrected chi connectivity index (χ4v) is 0.932. The SMILES string of the molecule is C.[C-]#[N+]c1ccc(OC)c(C)c1. The molecule has 2 nitrogen and oxygen atoms in total. The number of benzene rings is 1. The highest BCUT2D eigenvalue weighted by molar-refractivity contribution is 5.51. The Kier molecular flexibility index (Phi) is 3.85. The van der Waals surface area contributed by atoms with Crippen molar-refractivity contribution < 1.29 is 4.74 Å².